The van der Waals surface area contributed by atoms with Gasteiger partial charge >= 0.3 is 12.0 Å². The number of hydrogen-bond donors (Lipinski definition) is 4. The fourth-order valence-electron chi connectivity index (χ4n) is 1.18. The van der Waals surface area contributed by atoms with Gasteiger partial charge in [-0.2, -0.15) is 0 Å². The zero-order chi connectivity index (χ0) is 12.7. The first-order valence-electron chi connectivity index (χ1n) is 5.04. The Morgan fingerprint density at radius 1 is 1.47 bits per heavy atom. The van der Waals surface area contributed by atoms with Crippen molar-refractivity contribution >= 4 is 23.3 Å². The lowest BCUT2D eigenvalue weighted by molar-refractivity contribution is -0.139. The second-order valence-electron chi connectivity index (χ2n) is 3.31. The van der Waals surface area contributed by atoms with Crippen molar-refractivity contribution < 1.29 is 19.8 Å². The van der Waals surface area contributed by atoms with E-state index in [2.05, 4.69) is 10.6 Å². The summed E-state index contributed by atoms with van der Waals surface area (Å²) in [5.74, 6) is -1.16. The largest absolute Gasteiger partial charge is 0.480 e. The van der Waals surface area contributed by atoms with E-state index in [0.29, 0.717) is 6.54 Å². The van der Waals surface area contributed by atoms with Crippen LogP contribution in [0.25, 0.3) is 0 Å². The van der Waals surface area contributed by atoms with Crippen molar-refractivity contribution in [2.75, 3.05) is 6.61 Å². The second kappa shape index (κ2) is 6.87. The molecule has 1 heterocycles. The van der Waals surface area contributed by atoms with E-state index in [1.165, 1.54) is 11.3 Å². The fourth-order valence-corrected chi connectivity index (χ4v) is 1.82. The number of aliphatic carboxylic acids is 1. The number of carboxylic acids is 1. The van der Waals surface area contributed by atoms with Gasteiger partial charge in [-0.1, -0.05) is 6.07 Å². The number of carboxylic acid groups (broad SMARTS) is 1. The zero-order valence-electron chi connectivity index (χ0n) is 9.05. The Kier molecular flexibility index (Phi) is 5.44. The highest BCUT2D eigenvalue weighted by Crippen LogP contribution is 2.07. The van der Waals surface area contributed by atoms with Gasteiger partial charge in [0.05, 0.1) is 6.54 Å². The van der Waals surface area contributed by atoms with Crippen LogP contribution in [0.2, 0.25) is 0 Å². The number of amides is 2. The van der Waals surface area contributed by atoms with Crippen LogP contribution in [0.1, 0.15) is 11.3 Å². The molecule has 0 saturated carbocycles. The Morgan fingerprint density at radius 3 is 2.76 bits per heavy atom. The molecule has 2 amide bonds. The predicted molar refractivity (Wildman–Crippen MR) is 62.8 cm³/mol. The van der Waals surface area contributed by atoms with Gasteiger partial charge in [0.15, 0.2) is 0 Å². The zero-order valence-corrected chi connectivity index (χ0v) is 9.87. The van der Waals surface area contributed by atoms with E-state index < -0.39 is 18.0 Å². The molecule has 0 aliphatic carbocycles. The lowest BCUT2D eigenvalue weighted by atomic mass is 10.2. The summed E-state index contributed by atoms with van der Waals surface area (Å²) in [5, 5.41) is 24.1. The Morgan fingerprint density at radius 2 is 2.24 bits per heavy atom. The molecule has 0 unspecified atom stereocenters. The third-order valence-corrected chi connectivity index (χ3v) is 2.90. The highest BCUT2D eigenvalue weighted by molar-refractivity contribution is 7.09. The molecule has 0 aliphatic rings. The molecule has 1 aromatic rings. The normalized spacial score (nSPS) is 11.8. The Bertz CT molecular complexity index is 366. The molecule has 0 spiro atoms. The van der Waals surface area contributed by atoms with Gasteiger partial charge in [-0.3, -0.25) is 0 Å². The van der Waals surface area contributed by atoms with E-state index in [1.807, 2.05) is 17.5 Å². The van der Waals surface area contributed by atoms with Gasteiger partial charge in [0.2, 0.25) is 0 Å². The van der Waals surface area contributed by atoms with Crippen molar-refractivity contribution in [3.8, 4) is 0 Å². The predicted octanol–water partition coefficient (Wildman–Crippen LogP) is 0.383. The maximum atomic E-state index is 11.4. The standard InChI is InChI=1S/C10H14N2O4S/c13-4-3-8(9(14)15)12-10(16)11-6-7-2-1-5-17-7/h1-2,5,8,13H,3-4,6H2,(H,14,15)(H2,11,12,16)/t8-/m1/s1. The summed E-state index contributed by atoms with van der Waals surface area (Å²) in [4.78, 5) is 23.1. The molecular weight excluding hydrogens is 244 g/mol. The van der Waals surface area contributed by atoms with Crippen LogP contribution in [-0.4, -0.2) is 34.9 Å². The van der Waals surface area contributed by atoms with E-state index in [4.69, 9.17) is 10.2 Å². The molecule has 0 saturated heterocycles. The molecule has 1 aromatic heterocycles. The number of carbonyl (C=O) groups excluding carboxylic acids is 1. The van der Waals surface area contributed by atoms with E-state index >= 15 is 0 Å². The van der Waals surface area contributed by atoms with Crippen molar-refractivity contribution in [1.82, 2.24) is 10.6 Å². The highest BCUT2D eigenvalue weighted by Gasteiger charge is 2.18. The number of urea groups is 1. The van der Waals surface area contributed by atoms with Crippen LogP contribution >= 0.6 is 11.3 Å². The Hall–Kier alpha value is -1.60. The van der Waals surface area contributed by atoms with Gasteiger partial charge in [0, 0.05) is 17.9 Å². The number of thiophene rings is 1. The monoisotopic (exact) mass is 258 g/mol. The number of carbonyl (C=O) groups is 2. The number of aliphatic hydroxyl groups excluding tert-OH is 1. The van der Waals surface area contributed by atoms with Gasteiger partial charge in [-0.15, -0.1) is 11.3 Å². The minimum Gasteiger partial charge on any atom is -0.480 e. The van der Waals surface area contributed by atoms with Gasteiger partial charge in [-0.05, 0) is 11.4 Å². The SMILES string of the molecule is O=C(NCc1cccs1)N[C@H](CCO)C(=O)O. The molecular formula is C10H14N2O4S. The first-order valence-corrected chi connectivity index (χ1v) is 5.92. The molecule has 0 fully saturated rings. The van der Waals surface area contributed by atoms with Crippen LogP contribution < -0.4 is 10.6 Å². The summed E-state index contributed by atoms with van der Waals surface area (Å²) in [5.41, 5.74) is 0. The fraction of sp³-hybridized carbons (Fsp3) is 0.400. The summed E-state index contributed by atoms with van der Waals surface area (Å²) >= 11 is 1.50. The quantitative estimate of drug-likeness (QED) is 0.593. The minimum atomic E-state index is -1.16. The minimum absolute atomic E-state index is 0.0121. The van der Waals surface area contributed by atoms with Gasteiger partial charge in [0.25, 0.3) is 0 Å². The number of rotatable bonds is 6. The smallest absolute Gasteiger partial charge is 0.326 e. The van der Waals surface area contributed by atoms with E-state index in [-0.39, 0.29) is 13.0 Å². The van der Waals surface area contributed by atoms with Crippen LogP contribution in [0.3, 0.4) is 0 Å². The van der Waals surface area contributed by atoms with Gasteiger partial charge < -0.3 is 20.8 Å². The topological polar surface area (TPSA) is 98.7 Å². The summed E-state index contributed by atoms with van der Waals surface area (Å²) < 4.78 is 0. The van der Waals surface area contributed by atoms with Crippen molar-refractivity contribution in [2.45, 2.75) is 19.0 Å². The molecule has 1 rings (SSSR count). The first-order chi connectivity index (χ1) is 8.13. The first kappa shape index (κ1) is 13.5. The Labute approximate surface area is 102 Å². The van der Waals surface area contributed by atoms with E-state index in [0.717, 1.165) is 4.88 Å². The third kappa shape index (κ3) is 4.83. The number of hydrogen-bond acceptors (Lipinski definition) is 4. The maximum absolute atomic E-state index is 11.4. The van der Waals surface area contributed by atoms with Crippen molar-refractivity contribution in [3.63, 3.8) is 0 Å². The summed E-state index contributed by atoms with van der Waals surface area (Å²) in [7, 11) is 0. The lowest BCUT2D eigenvalue weighted by Crippen LogP contribution is -2.46. The van der Waals surface area contributed by atoms with Crippen LogP contribution in [0.4, 0.5) is 4.79 Å². The highest BCUT2D eigenvalue weighted by atomic mass is 32.1. The van der Waals surface area contributed by atoms with Gasteiger partial charge in [0.1, 0.15) is 6.04 Å². The molecule has 6 nitrogen and oxygen atoms in total. The Balaban J connectivity index is 2.34. The molecule has 94 valence electrons. The second-order valence-corrected chi connectivity index (χ2v) is 4.34. The van der Waals surface area contributed by atoms with Crippen molar-refractivity contribution in [1.29, 1.82) is 0 Å². The van der Waals surface area contributed by atoms with E-state index in [9.17, 15) is 9.59 Å². The molecule has 0 aliphatic heterocycles. The molecule has 0 bridgehead atoms. The van der Waals surface area contributed by atoms with Crippen molar-refractivity contribution in [3.05, 3.63) is 22.4 Å². The molecule has 7 heteroatoms. The van der Waals surface area contributed by atoms with Gasteiger partial charge in [-0.25, -0.2) is 9.59 Å². The molecule has 1 atom stereocenters. The van der Waals surface area contributed by atoms with E-state index in [1.54, 1.807) is 0 Å². The molecule has 0 aromatic carbocycles. The third-order valence-electron chi connectivity index (χ3n) is 2.02. The molecule has 4 N–H and O–H groups in total. The van der Waals surface area contributed by atoms with Crippen molar-refractivity contribution in [2.24, 2.45) is 0 Å². The van der Waals surface area contributed by atoms with Crippen LogP contribution in [-0.2, 0) is 11.3 Å². The van der Waals surface area contributed by atoms with Crippen LogP contribution in [0.15, 0.2) is 17.5 Å². The summed E-state index contributed by atoms with van der Waals surface area (Å²) in [6, 6.07) is 2.11. The number of nitrogens with one attached hydrogen (secondary N) is 2. The van der Waals surface area contributed by atoms with Crippen LogP contribution in [0.5, 0.6) is 0 Å². The average Bonchev–Trinajstić information content (AvgIpc) is 2.78. The van der Waals surface area contributed by atoms with Crippen LogP contribution in [0, 0.1) is 0 Å². The molecule has 0 radical (unpaired) electrons. The molecule has 17 heavy (non-hydrogen) atoms. The maximum Gasteiger partial charge on any atom is 0.326 e. The summed E-state index contributed by atoms with van der Waals surface area (Å²) in [6.07, 6.45) is -0.0121. The summed E-state index contributed by atoms with van der Waals surface area (Å²) in [6.45, 7) is 0.0666. The average molecular weight is 258 g/mol. The number of aliphatic hydroxyl groups is 1. The lowest BCUT2D eigenvalue weighted by Gasteiger charge is -2.13.